The van der Waals surface area contributed by atoms with Gasteiger partial charge in [0, 0.05) is 0 Å². The first kappa shape index (κ1) is 15.0. The normalized spacial score (nSPS) is 10.4. The van der Waals surface area contributed by atoms with Crippen LogP contribution in [0.15, 0.2) is 27.8 Å². The minimum atomic E-state index is -0.827. The minimum absolute atomic E-state index is 0.0304. The van der Waals surface area contributed by atoms with Crippen molar-refractivity contribution in [2.75, 3.05) is 0 Å². The molecular formula is C14H11ClFN3O2. The highest BCUT2D eigenvalue weighted by Crippen LogP contribution is 2.14. The van der Waals surface area contributed by atoms with Crippen LogP contribution in [0.5, 0.6) is 0 Å². The summed E-state index contributed by atoms with van der Waals surface area (Å²) in [6.07, 6.45) is 1.02. The van der Waals surface area contributed by atoms with Crippen molar-refractivity contribution < 1.29 is 4.39 Å². The second-order valence-corrected chi connectivity index (χ2v) is 4.77. The van der Waals surface area contributed by atoms with Crippen LogP contribution < -0.4 is 11.2 Å². The van der Waals surface area contributed by atoms with Crippen molar-refractivity contribution >= 4 is 11.6 Å². The third-order valence-electron chi connectivity index (χ3n) is 2.96. The van der Waals surface area contributed by atoms with Gasteiger partial charge in [0.1, 0.15) is 11.0 Å². The van der Waals surface area contributed by atoms with E-state index in [2.05, 4.69) is 4.98 Å². The highest BCUT2D eigenvalue weighted by atomic mass is 35.5. The molecule has 0 spiro atoms. The molecule has 7 heteroatoms. The summed E-state index contributed by atoms with van der Waals surface area (Å²) >= 11 is 5.85. The molecule has 5 nitrogen and oxygen atoms in total. The number of nitrogens with zero attached hydrogens (tertiary/aromatic N) is 2. The Labute approximate surface area is 124 Å². The van der Waals surface area contributed by atoms with Crippen LogP contribution in [0.4, 0.5) is 4.39 Å². The highest BCUT2D eigenvalue weighted by molar-refractivity contribution is 6.30. The predicted molar refractivity (Wildman–Crippen MR) is 76.3 cm³/mol. The summed E-state index contributed by atoms with van der Waals surface area (Å²) in [4.78, 5) is 26.6. The summed E-state index contributed by atoms with van der Waals surface area (Å²) < 4.78 is 14.7. The molecule has 0 aliphatic rings. The Hall–Kier alpha value is -2.39. The van der Waals surface area contributed by atoms with Gasteiger partial charge in [-0.25, -0.2) is 13.8 Å². The summed E-state index contributed by atoms with van der Waals surface area (Å²) in [5.74, 6) is -0.827. The maximum Gasteiger partial charge on any atom is 0.334 e. The fraction of sp³-hybridized carbons (Fsp3) is 0.214. The van der Waals surface area contributed by atoms with Crippen LogP contribution >= 0.6 is 11.6 Å². The summed E-state index contributed by atoms with van der Waals surface area (Å²) in [6.45, 7) is 1.85. The van der Waals surface area contributed by atoms with Crippen molar-refractivity contribution in [2.45, 2.75) is 19.8 Å². The van der Waals surface area contributed by atoms with E-state index >= 15 is 0 Å². The lowest BCUT2D eigenvalue weighted by Gasteiger charge is -2.09. The van der Waals surface area contributed by atoms with Gasteiger partial charge in [0.05, 0.1) is 22.9 Å². The highest BCUT2D eigenvalue weighted by Gasteiger charge is 2.16. The average molecular weight is 308 g/mol. The van der Waals surface area contributed by atoms with Gasteiger partial charge in [0.2, 0.25) is 0 Å². The molecular weight excluding hydrogens is 297 g/mol. The van der Waals surface area contributed by atoms with Crippen LogP contribution in [0.25, 0.3) is 5.69 Å². The van der Waals surface area contributed by atoms with E-state index in [0.717, 1.165) is 6.07 Å². The molecule has 0 amide bonds. The van der Waals surface area contributed by atoms with Crippen molar-refractivity contribution in [2.24, 2.45) is 0 Å². The van der Waals surface area contributed by atoms with Gasteiger partial charge in [-0.2, -0.15) is 5.26 Å². The first-order valence-corrected chi connectivity index (χ1v) is 6.61. The summed E-state index contributed by atoms with van der Waals surface area (Å²) in [5.41, 5.74) is -1.37. The Kier molecular flexibility index (Phi) is 4.24. The van der Waals surface area contributed by atoms with Crippen molar-refractivity contribution in [1.29, 1.82) is 5.26 Å². The van der Waals surface area contributed by atoms with Gasteiger partial charge in [-0.05, 0) is 24.6 Å². The van der Waals surface area contributed by atoms with Crippen LogP contribution in [-0.4, -0.2) is 9.55 Å². The van der Waals surface area contributed by atoms with Gasteiger partial charge < -0.3 is 0 Å². The van der Waals surface area contributed by atoms with E-state index in [9.17, 15) is 14.0 Å². The molecule has 1 N–H and O–H groups in total. The molecule has 2 rings (SSSR count). The molecule has 108 valence electrons. The monoisotopic (exact) mass is 307 g/mol. The fourth-order valence-corrected chi connectivity index (χ4v) is 2.25. The van der Waals surface area contributed by atoms with Crippen LogP contribution in [0, 0.1) is 17.1 Å². The number of halogens is 2. The molecule has 1 heterocycles. The number of hydrogen-bond donors (Lipinski definition) is 1. The van der Waals surface area contributed by atoms with Gasteiger partial charge in [-0.1, -0.05) is 24.9 Å². The zero-order valence-electron chi connectivity index (χ0n) is 11.1. The SMILES string of the molecule is CCCc1c(Cl)[nH]c(=O)n(-c2ccc(C#N)cc2F)c1=O. The number of hydrogen-bond acceptors (Lipinski definition) is 3. The van der Waals surface area contributed by atoms with Gasteiger partial charge in [0.25, 0.3) is 5.56 Å². The predicted octanol–water partition coefficient (Wildman–Crippen LogP) is 2.14. The van der Waals surface area contributed by atoms with Gasteiger partial charge in [0.15, 0.2) is 0 Å². The molecule has 1 aromatic carbocycles. The molecule has 0 aliphatic heterocycles. The molecule has 21 heavy (non-hydrogen) atoms. The third kappa shape index (κ3) is 2.73. The molecule has 0 atom stereocenters. The third-order valence-corrected chi connectivity index (χ3v) is 3.29. The maximum atomic E-state index is 14.0. The maximum absolute atomic E-state index is 14.0. The second-order valence-electron chi connectivity index (χ2n) is 4.39. The van der Waals surface area contributed by atoms with Crippen LogP contribution in [0.2, 0.25) is 5.15 Å². The van der Waals surface area contributed by atoms with Crippen molar-refractivity contribution in [3.63, 3.8) is 0 Å². The number of nitriles is 1. The Balaban J connectivity index is 2.76. The fourth-order valence-electron chi connectivity index (χ4n) is 1.99. The topological polar surface area (TPSA) is 78.7 Å². The molecule has 0 bridgehead atoms. The summed E-state index contributed by atoms with van der Waals surface area (Å²) in [5, 5.41) is 8.68. The quantitative estimate of drug-likeness (QED) is 0.882. The zero-order valence-corrected chi connectivity index (χ0v) is 11.9. The molecule has 0 unspecified atom stereocenters. The van der Waals surface area contributed by atoms with Gasteiger partial charge >= 0.3 is 5.69 Å². The minimum Gasteiger partial charge on any atom is -0.297 e. The number of aromatic nitrogens is 2. The number of benzene rings is 1. The summed E-state index contributed by atoms with van der Waals surface area (Å²) in [6, 6.07) is 5.30. The Morgan fingerprint density at radius 3 is 2.71 bits per heavy atom. The van der Waals surface area contributed by atoms with E-state index < -0.39 is 17.1 Å². The molecule has 0 saturated carbocycles. The number of rotatable bonds is 3. The van der Waals surface area contributed by atoms with Crippen molar-refractivity contribution in [3.05, 3.63) is 61.1 Å². The van der Waals surface area contributed by atoms with Gasteiger partial charge in [-0.15, -0.1) is 0 Å². The molecule has 0 fully saturated rings. The average Bonchev–Trinajstić information content (AvgIpc) is 2.44. The largest absolute Gasteiger partial charge is 0.334 e. The first-order chi connectivity index (χ1) is 9.99. The van der Waals surface area contributed by atoms with Crippen LogP contribution in [0.3, 0.4) is 0 Å². The second kappa shape index (κ2) is 5.94. The van der Waals surface area contributed by atoms with Crippen LogP contribution in [-0.2, 0) is 6.42 Å². The van der Waals surface area contributed by atoms with Crippen molar-refractivity contribution in [3.8, 4) is 11.8 Å². The lowest BCUT2D eigenvalue weighted by Crippen LogP contribution is -2.36. The summed E-state index contributed by atoms with van der Waals surface area (Å²) in [7, 11) is 0. The zero-order chi connectivity index (χ0) is 15.6. The number of nitrogens with one attached hydrogen (secondary N) is 1. The van der Waals surface area contributed by atoms with E-state index in [1.54, 1.807) is 6.07 Å². The Bertz CT molecular complexity index is 849. The molecule has 2 aromatic rings. The molecule has 0 radical (unpaired) electrons. The van der Waals surface area contributed by atoms with Crippen molar-refractivity contribution in [1.82, 2.24) is 9.55 Å². The lowest BCUT2D eigenvalue weighted by atomic mass is 10.2. The molecule has 0 aliphatic carbocycles. The van der Waals surface area contributed by atoms with E-state index in [1.807, 2.05) is 6.92 Å². The lowest BCUT2D eigenvalue weighted by molar-refractivity contribution is 0.610. The van der Waals surface area contributed by atoms with E-state index in [0.29, 0.717) is 17.4 Å². The Morgan fingerprint density at radius 1 is 1.43 bits per heavy atom. The number of H-pyrrole nitrogens is 1. The van der Waals surface area contributed by atoms with Crippen LogP contribution in [0.1, 0.15) is 24.5 Å². The van der Waals surface area contributed by atoms with E-state index in [-0.39, 0.29) is 22.0 Å². The first-order valence-electron chi connectivity index (χ1n) is 6.23. The molecule has 0 saturated heterocycles. The molecule has 1 aromatic heterocycles. The Morgan fingerprint density at radius 2 is 2.14 bits per heavy atom. The standard InChI is InChI=1S/C14H11ClFN3O2/c1-2-3-9-12(15)18-14(21)19(13(9)20)11-5-4-8(7-17)6-10(11)16/h4-6H,2-3H2,1H3,(H,18,21). The van der Waals surface area contributed by atoms with E-state index in [1.165, 1.54) is 12.1 Å². The number of aromatic amines is 1. The van der Waals surface area contributed by atoms with E-state index in [4.69, 9.17) is 16.9 Å². The van der Waals surface area contributed by atoms with Gasteiger partial charge in [-0.3, -0.25) is 9.78 Å². The smallest absolute Gasteiger partial charge is 0.297 e.